The molecule has 1 aromatic rings. The van der Waals surface area contributed by atoms with E-state index in [1.54, 1.807) is 19.1 Å². The van der Waals surface area contributed by atoms with Gasteiger partial charge in [0, 0.05) is 30.5 Å². The predicted molar refractivity (Wildman–Crippen MR) is 92.4 cm³/mol. The van der Waals surface area contributed by atoms with Crippen LogP contribution in [-0.2, 0) is 19.1 Å². The lowest BCUT2D eigenvalue weighted by Gasteiger charge is -2.29. The quantitative estimate of drug-likeness (QED) is 0.465. The van der Waals surface area contributed by atoms with Gasteiger partial charge < -0.3 is 9.47 Å². The lowest BCUT2D eigenvalue weighted by atomic mass is 9.73. The highest BCUT2D eigenvalue weighted by molar-refractivity contribution is 6.00. The summed E-state index contributed by atoms with van der Waals surface area (Å²) in [4.78, 5) is 35.6. The van der Waals surface area contributed by atoms with Crippen molar-refractivity contribution in [3.63, 3.8) is 0 Å². The second-order valence-corrected chi connectivity index (χ2v) is 7.39. The number of esters is 1. The van der Waals surface area contributed by atoms with E-state index < -0.39 is 22.9 Å². The van der Waals surface area contributed by atoms with Crippen molar-refractivity contribution in [2.24, 2.45) is 5.41 Å². The molecule has 0 bridgehead atoms. The van der Waals surface area contributed by atoms with Gasteiger partial charge in [-0.15, -0.1) is 0 Å². The fourth-order valence-electron chi connectivity index (χ4n) is 3.66. The van der Waals surface area contributed by atoms with Crippen molar-refractivity contribution >= 4 is 17.4 Å². The average molecular weight is 359 g/mol. The summed E-state index contributed by atoms with van der Waals surface area (Å²) >= 11 is 0. The number of nitro groups is 1. The second-order valence-electron chi connectivity index (χ2n) is 7.39. The molecule has 0 aromatic heterocycles. The average Bonchev–Trinajstić information content (AvgIpc) is 2.93. The van der Waals surface area contributed by atoms with Gasteiger partial charge >= 0.3 is 5.97 Å². The van der Waals surface area contributed by atoms with Gasteiger partial charge in [-0.1, -0.05) is 26.0 Å². The zero-order valence-corrected chi connectivity index (χ0v) is 15.0. The summed E-state index contributed by atoms with van der Waals surface area (Å²) in [6, 6.07) is 5.88. The van der Waals surface area contributed by atoms with E-state index in [2.05, 4.69) is 0 Å². The highest BCUT2D eigenvalue weighted by Gasteiger charge is 2.49. The molecule has 0 saturated carbocycles. The summed E-state index contributed by atoms with van der Waals surface area (Å²) in [5.41, 5.74) is 0.841. The van der Waals surface area contributed by atoms with Gasteiger partial charge in [-0.2, -0.15) is 0 Å². The number of carbonyl (C=O) groups is 2. The Bertz CT molecular complexity index is 793. The van der Waals surface area contributed by atoms with Gasteiger partial charge in [-0.05, 0) is 17.9 Å². The zero-order valence-electron chi connectivity index (χ0n) is 15.0. The molecular formula is C19H21NO6. The number of allylic oxidation sites excluding steroid dienone is 1. The molecule has 2 unspecified atom stereocenters. The first-order valence-corrected chi connectivity index (χ1v) is 8.57. The fourth-order valence-corrected chi connectivity index (χ4v) is 3.66. The maximum atomic E-state index is 12.8. The number of nitrogens with zero attached hydrogens (tertiary/aromatic N) is 1. The van der Waals surface area contributed by atoms with E-state index in [4.69, 9.17) is 9.47 Å². The summed E-state index contributed by atoms with van der Waals surface area (Å²) in [6.07, 6.45) is -0.0129. The molecule has 0 N–H and O–H groups in total. The number of benzene rings is 1. The van der Waals surface area contributed by atoms with Crippen LogP contribution >= 0.6 is 0 Å². The van der Waals surface area contributed by atoms with Gasteiger partial charge in [0.2, 0.25) is 6.10 Å². The summed E-state index contributed by atoms with van der Waals surface area (Å²) < 4.78 is 11.0. The van der Waals surface area contributed by atoms with Gasteiger partial charge in [0.1, 0.15) is 5.76 Å². The number of carbonyl (C=O) groups excluding carboxylic acids is 2. The number of hydrogen-bond acceptors (Lipinski definition) is 6. The monoisotopic (exact) mass is 359 g/mol. The third kappa shape index (κ3) is 3.21. The lowest BCUT2D eigenvalue weighted by Crippen LogP contribution is -2.30. The molecule has 0 saturated heterocycles. The maximum Gasteiger partial charge on any atom is 0.348 e. The predicted octanol–water partition coefficient (Wildman–Crippen LogP) is 3.28. The molecule has 26 heavy (non-hydrogen) atoms. The Kier molecular flexibility index (Phi) is 4.56. The normalized spacial score (nSPS) is 24.0. The lowest BCUT2D eigenvalue weighted by molar-refractivity contribution is -0.384. The van der Waals surface area contributed by atoms with Crippen molar-refractivity contribution < 1.29 is 24.0 Å². The number of hydrogen-bond donors (Lipinski definition) is 0. The Labute approximate surface area is 151 Å². The van der Waals surface area contributed by atoms with Crippen LogP contribution in [0.25, 0.3) is 0 Å². The fraction of sp³-hybridized carbons (Fsp3) is 0.474. The Morgan fingerprint density at radius 2 is 1.96 bits per heavy atom. The molecule has 0 spiro atoms. The third-order valence-electron chi connectivity index (χ3n) is 4.74. The Morgan fingerprint density at radius 1 is 1.31 bits per heavy atom. The first-order chi connectivity index (χ1) is 12.2. The van der Waals surface area contributed by atoms with Crippen molar-refractivity contribution in [2.45, 2.75) is 45.6 Å². The largest absolute Gasteiger partial charge is 0.482 e. The van der Waals surface area contributed by atoms with Crippen LogP contribution < -0.4 is 0 Å². The molecule has 2 atom stereocenters. The first kappa shape index (κ1) is 18.1. The molecule has 1 aliphatic carbocycles. The van der Waals surface area contributed by atoms with E-state index in [1.807, 2.05) is 13.8 Å². The minimum Gasteiger partial charge on any atom is -0.482 e. The van der Waals surface area contributed by atoms with Crippen LogP contribution in [0, 0.1) is 15.5 Å². The van der Waals surface area contributed by atoms with Crippen molar-refractivity contribution in [2.75, 3.05) is 6.61 Å². The highest BCUT2D eigenvalue weighted by atomic mass is 16.6. The number of Topliss-reactive ketones (excluding diaryl/α,β-unsaturated/α-hetero) is 1. The summed E-state index contributed by atoms with van der Waals surface area (Å²) in [5.74, 6) is -0.650. The second kappa shape index (κ2) is 6.55. The van der Waals surface area contributed by atoms with E-state index in [0.29, 0.717) is 29.7 Å². The first-order valence-electron chi connectivity index (χ1n) is 8.57. The van der Waals surface area contributed by atoms with Gasteiger partial charge in [-0.3, -0.25) is 14.9 Å². The summed E-state index contributed by atoms with van der Waals surface area (Å²) in [7, 11) is 0. The number of non-ortho nitro benzene ring substituents is 1. The van der Waals surface area contributed by atoms with E-state index >= 15 is 0 Å². The molecule has 7 heteroatoms. The minimum absolute atomic E-state index is 0.0496. The number of rotatable bonds is 4. The minimum atomic E-state index is -0.945. The molecule has 1 heterocycles. The highest BCUT2D eigenvalue weighted by Crippen LogP contribution is 2.49. The molecule has 0 fully saturated rings. The Hall–Kier alpha value is -2.70. The number of nitro benzene ring substituents is 1. The van der Waals surface area contributed by atoms with E-state index in [-0.39, 0.29) is 23.5 Å². The molecule has 1 aromatic carbocycles. The van der Waals surface area contributed by atoms with Crippen molar-refractivity contribution in [3.05, 3.63) is 51.3 Å². The van der Waals surface area contributed by atoms with Gasteiger partial charge in [-0.25, -0.2) is 4.79 Å². The molecule has 0 amide bonds. The van der Waals surface area contributed by atoms with E-state index in [9.17, 15) is 19.7 Å². The molecule has 7 nitrogen and oxygen atoms in total. The van der Waals surface area contributed by atoms with Crippen LogP contribution in [0.5, 0.6) is 0 Å². The molecular weight excluding hydrogens is 338 g/mol. The van der Waals surface area contributed by atoms with Crippen LogP contribution in [0.4, 0.5) is 5.69 Å². The van der Waals surface area contributed by atoms with E-state index in [1.165, 1.54) is 12.1 Å². The van der Waals surface area contributed by atoms with Crippen LogP contribution in [0.15, 0.2) is 35.6 Å². The Morgan fingerprint density at radius 3 is 2.54 bits per heavy atom. The number of ketones is 1. The summed E-state index contributed by atoms with van der Waals surface area (Å²) in [5, 5.41) is 10.9. The summed E-state index contributed by atoms with van der Waals surface area (Å²) in [6.45, 7) is 5.87. The maximum absolute atomic E-state index is 12.8. The molecule has 2 aliphatic rings. The van der Waals surface area contributed by atoms with Crippen LogP contribution in [0.1, 0.15) is 45.1 Å². The molecule has 1 aliphatic heterocycles. The third-order valence-corrected chi connectivity index (χ3v) is 4.74. The Balaban J connectivity index is 2.03. The number of ether oxygens (including phenoxy) is 2. The van der Waals surface area contributed by atoms with Gasteiger partial charge in [0.05, 0.1) is 17.4 Å². The standard InChI is InChI=1S/C19H21NO6/c1-4-25-18(22)17-15(11-5-7-12(8-6-11)20(23)24)16-13(21)9-19(2,3)10-14(16)26-17/h5-8,15,17H,4,9-10H2,1-3H3. The van der Waals surface area contributed by atoms with Crippen LogP contribution in [-0.4, -0.2) is 29.4 Å². The smallest absolute Gasteiger partial charge is 0.348 e. The topological polar surface area (TPSA) is 95.7 Å². The molecule has 3 rings (SSSR count). The van der Waals surface area contributed by atoms with Crippen molar-refractivity contribution in [1.29, 1.82) is 0 Å². The van der Waals surface area contributed by atoms with Crippen LogP contribution in [0.2, 0.25) is 0 Å². The van der Waals surface area contributed by atoms with Crippen molar-refractivity contribution in [3.8, 4) is 0 Å². The van der Waals surface area contributed by atoms with E-state index in [0.717, 1.165) is 0 Å². The zero-order chi connectivity index (χ0) is 19.1. The SMILES string of the molecule is CCOC(=O)C1OC2=C(C(=O)CC(C)(C)C2)C1c1ccc([N+](=O)[O-])cc1. The van der Waals surface area contributed by atoms with Crippen molar-refractivity contribution in [1.82, 2.24) is 0 Å². The van der Waals surface area contributed by atoms with Gasteiger partial charge in [0.25, 0.3) is 5.69 Å². The van der Waals surface area contributed by atoms with Gasteiger partial charge in [0.15, 0.2) is 5.78 Å². The molecule has 0 radical (unpaired) electrons. The molecule has 138 valence electrons. The van der Waals surface area contributed by atoms with Crippen LogP contribution in [0.3, 0.4) is 0 Å².